The highest BCUT2D eigenvalue weighted by Crippen LogP contribution is 2.52. The van der Waals surface area contributed by atoms with Crippen LogP contribution < -0.4 is 14.5 Å². The van der Waals surface area contributed by atoms with Crippen molar-refractivity contribution in [2.45, 2.75) is 24.8 Å². The van der Waals surface area contributed by atoms with Crippen molar-refractivity contribution in [2.24, 2.45) is 0 Å². The Labute approximate surface area is 251 Å². The molecule has 2 atom stereocenters. The van der Waals surface area contributed by atoms with Crippen LogP contribution >= 0.6 is 0 Å². The lowest BCUT2D eigenvalue weighted by Crippen LogP contribution is -2.44. The molecule has 2 N–H and O–H groups in total. The van der Waals surface area contributed by atoms with Gasteiger partial charge in [0, 0.05) is 29.6 Å². The van der Waals surface area contributed by atoms with Gasteiger partial charge in [-0.25, -0.2) is 0 Å². The SMILES string of the molecule is C=CCC1(C)c2c(ccc3ccccc23)N(CCS(=O)(=O)O)C1/C=C1\Oc2c(ccc3ccccc23)N1CCS(=O)(=O)O. The maximum absolute atomic E-state index is 11.9. The van der Waals surface area contributed by atoms with E-state index in [1.54, 1.807) is 4.90 Å². The van der Waals surface area contributed by atoms with Crippen LogP contribution in [0.15, 0.2) is 97.4 Å². The van der Waals surface area contributed by atoms with Gasteiger partial charge < -0.3 is 14.5 Å². The molecular formula is C32H32N2O7S2. The summed E-state index contributed by atoms with van der Waals surface area (Å²) >= 11 is 0. The van der Waals surface area contributed by atoms with Crippen molar-refractivity contribution < 1.29 is 30.7 Å². The monoisotopic (exact) mass is 620 g/mol. The Morgan fingerprint density at radius 3 is 2.07 bits per heavy atom. The third-order valence-corrected chi connectivity index (χ3v) is 9.83. The number of anilines is 2. The maximum Gasteiger partial charge on any atom is 0.266 e. The summed E-state index contributed by atoms with van der Waals surface area (Å²) in [5.41, 5.74) is 1.90. The third-order valence-electron chi connectivity index (χ3n) is 8.43. The number of benzene rings is 4. The van der Waals surface area contributed by atoms with Gasteiger partial charge in [0.15, 0.2) is 11.6 Å². The van der Waals surface area contributed by atoms with Crippen LogP contribution in [0.5, 0.6) is 5.75 Å². The number of nitrogens with zero attached hydrogens (tertiary/aromatic N) is 2. The largest absolute Gasteiger partial charge is 0.438 e. The molecule has 0 aliphatic carbocycles. The molecule has 0 bridgehead atoms. The summed E-state index contributed by atoms with van der Waals surface area (Å²) in [6.07, 6.45) is 4.25. The lowest BCUT2D eigenvalue weighted by atomic mass is 9.74. The standard InChI is InChI=1S/C32H32N2O7S2/c1-3-16-32(2)28(33(17-19-42(35,36)37)26-14-12-22-8-4-6-10-24(22)30(26)32)21-29-34(18-20-43(38,39)40)27-15-13-23-9-5-7-11-25(23)31(27)41-29/h3-15,21,28H,1,16-20H2,2H3,(H,35,36,37)(H,38,39,40)/b29-21-. The van der Waals surface area contributed by atoms with Crippen LogP contribution in [0.25, 0.3) is 21.5 Å². The number of fused-ring (bicyclic) bond motifs is 6. The van der Waals surface area contributed by atoms with E-state index in [9.17, 15) is 25.9 Å². The van der Waals surface area contributed by atoms with Crippen LogP contribution in [0, 0.1) is 0 Å². The summed E-state index contributed by atoms with van der Waals surface area (Å²) in [5, 5.41) is 3.85. The molecule has 9 nitrogen and oxygen atoms in total. The minimum atomic E-state index is -4.29. The van der Waals surface area contributed by atoms with E-state index in [2.05, 4.69) is 13.5 Å². The quantitative estimate of drug-likeness (QED) is 0.184. The zero-order valence-corrected chi connectivity index (χ0v) is 25.2. The van der Waals surface area contributed by atoms with Crippen LogP contribution in [-0.2, 0) is 25.7 Å². The van der Waals surface area contributed by atoms with Crippen LogP contribution in [0.1, 0.15) is 18.9 Å². The molecule has 2 aliphatic heterocycles. The van der Waals surface area contributed by atoms with Gasteiger partial charge in [-0.3, -0.25) is 9.11 Å². The number of hydrogen-bond donors (Lipinski definition) is 2. The predicted molar refractivity (Wildman–Crippen MR) is 170 cm³/mol. The van der Waals surface area contributed by atoms with E-state index in [1.165, 1.54) is 0 Å². The second-order valence-corrected chi connectivity index (χ2v) is 14.3. The van der Waals surface area contributed by atoms with Gasteiger partial charge in [-0.2, -0.15) is 16.8 Å². The van der Waals surface area contributed by atoms with Gasteiger partial charge in [0.2, 0.25) is 0 Å². The first-order valence-corrected chi connectivity index (χ1v) is 17.1. The summed E-state index contributed by atoms with van der Waals surface area (Å²) in [5.74, 6) is -0.0764. The summed E-state index contributed by atoms with van der Waals surface area (Å²) in [6.45, 7) is 6.06. The summed E-state index contributed by atoms with van der Waals surface area (Å²) < 4.78 is 73.4. The molecule has 4 aromatic rings. The van der Waals surface area contributed by atoms with Crippen LogP contribution in [-0.4, -0.2) is 56.6 Å². The third kappa shape index (κ3) is 5.38. The fraction of sp³-hybridized carbons (Fsp3) is 0.250. The van der Waals surface area contributed by atoms with E-state index in [4.69, 9.17) is 4.74 Å². The lowest BCUT2D eigenvalue weighted by Gasteiger charge is -2.35. The molecule has 0 fully saturated rings. The highest BCUT2D eigenvalue weighted by atomic mass is 32.2. The number of allylic oxidation sites excluding steroid dienone is 1. The maximum atomic E-state index is 11.9. The van der Waals surface area contributed by atoms with Gasteiger partial charge >= 0.3 is 0 Å². The second kappa shape index (κ2) is 10.7. The van der Waals surface area contributed by atoms with E-state index >= 15 is 0 Å². The van der Waals surface area contributed by atoms with Gasteiger partial charge in [-0.15, -0.1) is 6.58 Å². The zero-order chi connectivity index (χ0) is 30.6. The van der Waals surface area contributed by atoms with Crippen molar-refractivity contribution in [3.05, 3.63) is 103 Å². The van der Waals surface area contributed by atoms with Crippen molar-refractivity contribution in [3.63, 3.8) is 0 Å². The predicted octanol–water partition coefficient (Wildman–Crippen LogP) is 5.53. The molecule has 43 heavy (non-hydrogen) atoms. The molecule has 2 heterocycles. The van der Waals surface area contributed by atoms with E-state index in [-0.39, 0.29) is 13.1 Å². The molecule has 2 aliphatic rings. The minimum absolute atomic E-state index is 0.00620. The fourth-order valence-corrected chi connectivity index (χ4v) is 7.38. The fourth-order valence-electron chi connectivity index (χ4n) is 6.54. The Balaban J connectivity index is 1.54. The van der Waals surface area contributed by atoms with Crippen molar-refractivity contribution in [1.82, 2.24) is 0 Å². The number of ether oxygens (including phenoxy) is 1. The van der Waals surface area contributed by atoms with E-state index in [0.717, 1.165) is 32.8 Å². The Morgan fingerprint density at radius 2 is 1.42 bits per heavy atom. The molecule has 0 spiro atoms. The summed E-state index contributed by atoms with van der Waals surface area (Å²) in [6, 6.07) is 23.0. The molecule has 0 saturated carbocycles. The lowest BCUT2D eigenvalue weighted by molar-refractivity contribution is 0.405. The topological polar surface area (TPSA) is 124 Å². The molecule has 224 valence electrons. The molecule has 0 saturated heterocycles. The average Bonchev–Trinajstić information content (AvgIpc) is 3.42. The van der Waals surface area contributed by atoms with Gasteiger partial charge in [-0.05, 0) is 46.4 Å². The molecule has 4 aromatic carbocycles. The summed E-state index contributed by atoms with van der Waals surface area (Å²) in [4.78, 5) is 3.68. The van der Waals surface area contributed by atoms with E-state index in [1.807, 2.05) is 89.8 Å². The first kappa shape index (κ1) is 29.2. The Bertz CT molecular complexity index is 2010. The molecule has 11 heteroatoms. The van der Waals surface area contributed by atoms with Gasteiger partial charge in [0.05, 0.1) is 23.2 Å². The normalized spacial score (nSPS) is 20.9. The molecule has 6 rings (SSSR count). The van der Waals surface area contributed by atoms with Crippen LogP contribution in [0.3, 0.4) is 0 Å². The Morgan fingerprint density at radius 1 is 0.837 bits per heavy atom. The van der Waals surface area contributed by atoms with Crippen molar-refractivity contribution in [3.8, 4) is 5.75 Å². The molecule has 0 amide bonds. The molecular weight excluding hydrogens is 588 g/mol. The average molecular weight is 621 g/mol. The van der Waals surface area contributed by atoms with E-state index in [0.29, 0.717) is 23.7 Å². The second-order valence-electron chi connectivity index (χ2n) is 11.2. The first-order chi connectivity index (χ1) is 20.4. The van der Waals surface area contributed by atoms with Crippen molar-refractivity contribution >= 4 is 53.2 Å². The first-order valence-electron chi connectivity index (χ1n) is 13.9. The van der Waals surface area contributed by atoms with Gasteiger partial charge in [-0.1, -0.05) is 73.7 Å². The van der Waals surface area contributed by atoms with Crippen molar-refractivity contribution in [1.29, 1.82) is 0 Å². The van der Waals surface area contributed by atoms with Crippen LogP contribution in [0.4, 0.5) is 11.4 Å². The Hall–Kier alpha value is -3.90. The summed E-state index contributed by atoms with van der Waals surface area (Å²) in [7, 11) is -8.56. The number of hydrogen-bond acceptors (Lipinski definition) is 7. The Kier molecular flexibility index (Phi) is 7.24. The number of rotatable bonds is 9. The van der Waals surface area contributed by atoms with Crippen LogP contribution in [0.2, 0.25) is 0 Å². The van der Waals surface area contributed by atoms with Crippen molar-refractivity contribution in [2.75, 3.05) is 34.4 Å². The molecule has 2 unspecified atom stereocenters. The van der Waals surface area contributed by atoms with E-state index < -0.39 is 43.2 Å². The molecule has 0 radical (unpaired) electrons. The zero-order valence-electron chi connectivity index (χ0n) is 23.5. The highest BCUT2D eigenvalue weighted by molar-refractivity contribution is 7.86. The minimum Gasteiger partial charge on any atom is -0.438 e. The smallest absolute Gasteiger partial charge is 0.266 e. The highest BCUT2D eigenvalue weighted by Gasteiger charge is 2.48. The van der Waals surface area contributed by atoms with Gasteiger partial charge in [0.1, 0.15) is 0 Å². The molecule has 0 aromatic heterocycles. The van der Waals surface area contributed by atoms with Gasteiger partial charge in [0.25, 0.3) is 20.2 Å².